The van der Waals surface area contributed by atoms with Gasteiger partial charge in [0.05, 0.1) is 0 Å². The summed E-state index contributed by atoms with van der Waals surface area (Å²) in [5.41, 5.74) is 4.74. The molecule has 1 aliphatic heterocycles. The highest BCUT2D eigenvalue weighted by atomic mass is 16.5. The second kappa shape index (κ2) is 10.8. The van der Waals surface area contributed by atoms with Gasteiger partial charge in [0.15, 0.2) is 0 Å². The first-order valence-corrected chi connectivity index (χ1v) is 15.2. The van der Waals surface area contributed by atoms with Crippen molar-refractivity contribution in [1.82, 2.24) is 4.90 Å². The summed E-state index contributed by atoms with van der Waals surface area (Å²) in [7, 11) is 0. The summed E-state index contributed by atoms with van der Waals surface area (Å²) < 4.78 is 6.49. The number of hydrogen-bond donors (Lipinski definition) is 0. The van der Waals surface area contributed by atoms with Crippen LogP contribution in [-0.2, 0) is 5.54 Å². The topological polar surface area (TPSA) is 12.5 Å². The number of piperidine rings is 1. The summed E-state index contributed by atoms with van der Waals surface area (Å²) in [4.78, 5) is 2.83. The Balaban J connectivity index is 2.00. The van der Waals surface area contributed by atoms with Crippen LogP contribution in [0.5, 0.6) is 5.75 Å². The predicted molar refractivity (Wildman–Crippen MR) is 175 cm³/mol. The number of hydrogen-bond acceptors (Lipinski definition) is 2. The van der Waals surface area contributed by atoms with Crippen LogP contribution in [0.1, 0.15) is 121 Å². The molecule has 3 rings (SSSR count). The van der Waals surface area contributed by atoms with Gasteiger partial charge in [-0.2, -0.15) is 0 Å². The number of benzene rings is 2. The van der Waals surface area contributed by atoms with E-state index < -0.39 is 0 Å². The fourth-order valence-corrected chi connectivity index (χ4v) is 7.45. The van der Waals surface area contributed by atoms with Gasteiger partial charge in [-0.3, -0.25) is 4.90 Å². The van der Waals surface area contributed by atoms with Crippen LogP contribution in [0.2, 0.25) is 0 Å². The van der Waals surface area contributed by atoms with Crippen molar-refractivity contribution in [2.45, 2.75) is 132 Å². The smallest absolute Gasteiger partial charge is 0.124 e. The Kier molecular flexibility index (Phi) is 8.71. The van der Waals surface area contributed by atoms with E-state index in [9.17, 15) is 0 Å². The van der Waals surface area contributed by atoms with Crippen molar-refractivity contribution < 1.29 is 4.74 Å². The van der Waals surface area contributed by atoms with E-state index in [-0.39, 0.29) is 33.0 Å². The number of nitrogens with zero attached hydrogens (tertiary/aromatic N) is 1. The van der Waals surface area contributed by atoms with Gasteiger partial charge in [0.2, 0.25) is 0 Å². The molecule has 40 heavy (non-hydrogen) atoms. The lowest BCUT2D eigenvalue weighted by molar-refractivity contribution is -0.214. The molecule has 0 N–H and O–H groups in total. The molecule has 1 aliphatic rings. The first-order chi connectivity index (χ1) is 18.2. The van der Waals surface area contributed by atoms with E-state index in [0.29, 0.717) is 0 Å². The molecule has 2 heteroatoms. The number of ether oxygens (including phenoxy) is 1. The monoisotopic (exact) mass is 543 g/mol. The summed E-state index contributed by atoms with van der Waals surface area (Å²) in [6, 6.07) is 19.6. The summed E-state index contributed by atoms with van der Waals surface area (Å²) in [6.07, 6.45) is 6.89. The quantitative estimate of drug-likeness (QED) is 0.307. The molecule has 0 saturated carbocycles. The average Bonchev–Trinajstić information content (AvgIpc) is 2.82. The van der Waals surface area contributed by atoms with E-state index in [0.717, 1.165) is 18.6 Å². The SMILES string of the molecule is CC(C)=C(C)C(C)(C)Oc1ccc(C(C)(C)N2C(C)(C)C(C)(C)CC(C)(CC=Cc3ccccc3)C2(C)C)cc1. The number of rotatable bonds is 8. The minimum Gasteiger partial charge on any atom is -0.484 e. The van der Waals surface area contributed by atoms with Crippen LogP contribution >= 0.6 is 0 Å². The molecule has 1 saturated heterocycles. The molecule has 0 bridgehead atoms. The highest BCUT2D eigenvalue weighted by Gasteiger charge is 2.63. The van der Waals surface area contributed by atoms with Crippen LogP contribution in [0.25, 0.3) is 6.08 Å². The Morgan fingerprint density at radius 3 is 1.88 bits per heavy atom. The van der Waals surface area contributed by atoms with Crippen LogP contribution in [0.15, 0.2) is 71.8 Å². The molecule has 1 unspecified atom stereocenters. The van der Waals surface area contributed by atoms with Gasteiger partial charge in [0.25, 0.3) is 0 Å². The van der Waals surface area contributed by atoms with Gasteiger partial charge in [-0.15, -0.1) is 0 Å². The van der Waals surface area contributed by atoms with E-state index in [1.807, 2.05) is 0 Å². The van der Waals surface area contributed by atoms with Crippen LogP contribution < -0.4 is 4.74 Å². The fourth-order valence-electron chi connectivity index (χ4n) is 7.45. The Morgan fingerprint density at radius 2 is 1.35 bits per heavy atom. The zero-order chi connectivity index (χ0) is 30.4. The van der Waals surface area contributed by atoms with E-state index >= 15 is 0 Å². The summed E-state index contributed by atoms with van der Waals surface area (Å²) in [6.45, 7) is 32.9. The lowest BCUT2D eigenvalue weighted by Crippen LogP contribution is -2.75. The Bertz CT molecular complexity index is 1220. The van der Waals surface area contributed by atoms with Crippen LogP contribution in [-0.4, -0.2) is 21.6 Å². The molecule has 0 aliphatic carbocycles. The lowest BCUT2D eigenvalue weighted by Gasteiger charge is -2.71. The molecule has 2 aromatic carbocycles. The maximum Gasteiger partial charge on any atom is 0.124 e. The first-order valence-electron chi connectivity index (χ1n) is 15.2. The second-order valence-corrected chi connectivity index (χ2v) is 15.4. The normalized spacial score (nSPS) is 22.8. The second-order valence-electron chi connectivity index (χ2n) is 15.4. The minimum absolute atomic E-state index is 0.0274. The van der Waals surface area contributed by atoms with Crippen LogP contribution in [0, 0.1) is 10.8 Å². The minimum atomic E-state index is -0.341. The Labute approximate surface area is 246 Å². The molecular weight excluding hydrogens is 486 g/mol. The molecule has 0 spiro atoms. The van der Waals surface area contributed by atoms with Crippen LogP contribution in [0.3, 0.4) is 0 Å². The third-order valence-corrected chi connectivity index (χ3v) is 10.9. The Morgan fingerprint density at radius 1 is 0.800 bits per heavy atom. The van der Waals surface area contributed by atoms with Crippen molar-refractivity contribution in [2.24, 2.45) is 10.8 Å². The van der Waals surface area contributed by atoms with Gasteiger partial charge in [-0.1, -0.05) is 81.0 Å². The fraction of sp³-hybridized carbons (Fsp3) is 0.579. The molecule has 0 amide bonds. The zero-order valence-electron chi connectivity index (χ0n) is 28.1. The first kappa shape index (κ1) is 32.2. The van der Waals surface area contributed by atoms with Crippen molar-refractivity contribution in [2.75, 3.05) is 0 Å². The zero-order valence-corrected chi connectivity index (χ0v) is 28.1. The van der Waals surface area contributed by atoms with Gasteiger partial charge in [0, 0.05) is 16.6 Å². The van der Waals surface area contributed by atoms with Crippen molar-refractivity contribution in [3.8, 4) is 5.75 Å². The maximum atomic E-state index is 6.49. The average molecular weight is 544 g/mol. The van der Waals surface area contributed by atoms with Crippen molar-refractivity contribution in [3.63, 3.8) is 0 Å². The van der Waals surface area contributed by atoms with E-state index in [2.05, 4.69) is 169 Å². The third kappa shape index (κ3) is 5.85. The van der Waals surface area contributed by atoms with Gasteiger partial charge >= 0.3 is 0 Å². The van der Waals surface area contributed by atoms with E-state index in [4.69, 9.17) is 4.74 Å². The molecule has 0 aromatic heterocycles. The summed E-state index contributed by atoms with van der Waals surface area (Å²) >= 11 is 0. The summed E-state index contributed by atoms with van der Waals surface area (Å²) in [5.74, 6) is 0.915. The van der Waals surface area contributed by atoms with Crippen molar-refractivity contribution >= 4 is 6.08 Å². The standard InChI is InChI=1S/C38H57NO/c1-28(2)29(3)35(8,9)40-32-24-22-31(23-25-32)34(6,7)39-36(10,11)33(4,5)27-38(14,37(39,12)13)26-18-21-30-19-16-15-17-20-30/h15-25H,26-27H2,1-14H3. The van der Waals surface area contributed by atoms with Gasteiger partial charge in [-0.05, 0) is 129 Å². The molecule has 1 fully saturated rings. The molecule has 1 heterocycles. The molecule has 0 radical (unpaired) electrons. The van der Waals surface area contributed by atoms with E-state index in [1.165, 1.54) is 22.3 Å². The van der Waals surface area contributed by atoms with Gasteiger partial charge in [-0.25, -0.2) is 0 Å². The lowest BCUT2D eigenvalue weighted by atomic mass is 9.51. The molecular formula is C38H57NO. The van der Waals surface area contributed by atoms with Gasteiger partial charge in [0.1, 0.15) is 11.4 Å². The number of allylic oxidation sites excluding steroid dienone is 2. The largest absolute Gasteiger partial charge is 0.484 e. The van der Waals surface area contributed by atoms with Gasteiger partial charge < -0.3 is 4.74 Å². The molecule has 2 nitrogen and oxygen atoms in total. The molecule has 1 atom stereocenters. The molecule has 220 valence electrons. The highest BCUT2D eigenvalue weighted by molar-refractivity contribution is 5.49. The Hall–Kier alpha value is -2.32. The van der Waals surface area contributed by atoms with Crippen molar-refractivity contribution in [1.29, 1.82) is 0 Å². The predicted octanol–water partition coefficient (Wildman–Crippen LogP) is 10.8. The third-order valence-electron chi connectivity index (χ3n) is 10.9. The van der Waals surface area contributed by atoms with Crippen LogP contribution in [0.4, 0.5) is 0 Å². The van der Waals surface area contributed by atoms with E-state index in [1.54, 1.807) is 0 Å². The highest BCUT2D eigenvalue weighted by Crippen LogP contribution is 2.62. The van der Waals surface area contributed by atoms with Crippen molar-refractivity contribution in [3.05, 3.63) is 82.9 Å². The number of likely N-dealkylation sites (tertiary alicyclic amines) is 1. The summed E-state index contributed by atoms with van der Waals surface area (Å²) in [5, 5.41) is 0. The molecule has 2 aromatic rings. The maximum absolute atomic E-state index is 6.49.